The van der Waals surface area contributed by atoms with Gasteiger partial charge in [0, 0.05) is 6.42 Å². The topological polar surface area (TPSA) is 78.8 Å². The first-order valence-corrected chi connectivity index (χ1v) is 5.12. The molecular weight excluding hydrogens is 220 g/mol. The number of rotatable bonds is 6. The summed E-state index contributed by atoms with van der Waals surface area (Å²) in [7, 11) is 0. The first-order chi connectivity index (χ1) is 8.13. The van der Waals surface area contributed by atoms with E-state index in [2.05, 4.69) is 17.0 Å². The van der Waals surface area contributed by atoms with Gasteiger partial charge in [0.05, 0.1) is 0 Å². The van der Waals surface area contributed by atoms with Crippen molar-refractivity contribution in [3.05, 3.63) is 35.9 Å². The zero-order valence-electron chi connectivity index (χ0n) is 9.30. The van der Waals surface area contributed by atoms with E-state index < -0.39 is 17.9 Å². The lowest BCUT2D eigenvalue weighted by Crippen LogP contribution is -2.43. The van der Waals surface area contributed by atoms with Crippen LogP contribution >= 0.6 is 0 Å². The van der Waals surface area contributed by atoms with Gasteiger partial charge in [0.25, 0.3) is 0 Å². The zero-order chi connectivity index (χ0) is 12.7. The van der Waals surface area contributed by atoms with Crippen molar-refractivity contribution in [2.75, 3.05) is 6.54 Å². The van der Waals surface area contributed by atoms with Gasteiger partial charge in [-0.1, -0.05) is 30.3 Å². The molecule has 0 heterocycles. The van der Waals surface area contributed by atoms with E-state index in [9.17, 15) is 9.59 Å². The van der Waals surface area contributed by atoms with E-state index in [1.807, 2.05) is 30.3 Å². The van der Waals surface area contributed by atoms with E-state index in [-0.39, 0.29) is 13.0 Å². The standard InChI is InChI=1S/C12H14N2O3/c1-13-8-11(15)14-10(12(16)17)7-9-5-3-2-4-6-9/h2-6,10H,1,7-8H2,(H,14,15)(H,16,17)/t10-/m1/s1. The van der Waals surface area contributed by atoms with Crippen molar-refractivity contribution in [2.24, 2.45) is 4.99 Å². The Morgan fingerprint density at radius 1 is 1.35 bits per heavy atom. The van der Waals surface area contributed by atoms with E-state index in [4.69, 9.17) is 5.11 Å². The Labute approximate surface area is 99.2 Å². The first-order valence-electron chi connectivity index (χ1n) is 5.12. The second-order valence-corrected chi connectivity index (χ2v) is 3.53. The number of hydrogen-bond donors (Lipinski definition) is 2. The normalized spacial score (nSPS) is 11.5. The van der Waals surface area contributed by atoms with Gasteiger partial charge in [-0.2, -0.15) is 0 Å². The van der Waals surface area contributed by atoms with Crippen LogP contribution in [0.1, 0.15) is 5.56 Å². The summed E-state index contributed by atoms with van der Waals surface area (Å²) in [4.78, 5) is 25.6. The van der Waals surface area contributed by atoms with Gasteiger partial charge in [-0.25, -0.2) is 4.79 Å². The molecule has 1 atom stereocenters. The highest BCUT2D eigenvalue weighted by Crippen LogP contribution is 2.03. The molecule has 0 bridgehead atoms. The third-order valence-corrected chi connectivity index (χ3v) is 2.17. The minimum atomic E-state index is -1.06. The maximum Gasteiger partial charge on any atom is 0.326 e. The maximum atomic E-state index is 11.2. The molecule has 0 aromatic heterocycles. The van der Waals surface area contributed by atoms with Crippen molar-refractivity contribution in [3.8, 4) is 0 Å². The Kier molecular flexibility index (Phi) is 4.87. The lowest BCUT2D eigenvalue weighted by Gasteiger charge is -2.13. The van der Waals surface area contributed by atoms with Crippen LogP contribution in [0.15, 0.2) is 35.3 Å². The van der Waals surface area contributed by atoms with E-state index in [0.29, 0.717) is 0 Å². The molecular formula is C12H14N2O3. The predicted octanol–water partition coefficient (Wildman–Crippen LogP) is 0.499. The van der Waals surface area contributed by atoms with E-state index in [1.54, 1.807) is 0 Å². The van der Waals surface area contributed by atoms with Crippen molar-refractivity contribution >= 4 is 18.6 Å². The number of aliphatic imine (C=N–C) groups is 1. The summed E-state index contributed by atoms with van der Waals surface area (Å²) in [6.45, 7) is 3.05. The molecule has 1 amide bonds. The van der Waals surface area contributed by atoms with E-state index in [1.165, 1.54) is 0 Å². The van der Waals surface area contributed by atoms with Crippen LogP contribution in [-0.4, -0.2) is 36.3 Å². The van der Waals surface area contributed by atoms with E-state index >= 15 is 0 Å². The van der Waals surface area contributed by atoms with Gasteiger partial charge in [0.1, 0.15) is 12.6 Å². The number of nitrogens with zero attached hydrogens (tertiary/aromatic N) is 1. The van der Waals surface area contributed by atoms with Crippen molar-refractivity contribution in [2.45, 2.75) is 12.5 Å². The molecule has 0 aliphatic heterocycles. The monoisotopic (exact) mass is 234 g/mol. The molecule has 2 N–H and O–H groups in total. The average molecular weight is 234 g/mol. The number of nitrogens with one attached hydrogen (secondary N) is 1. The summed E-state index contributed by atoms with van der Waals surface area (Å²) in [6, 6.07) is 8.18. The molecule has 0 spiro atoms. The van der Waals surface area contributed by atoms with Gasteiger partial charge in [-0.15, -0.1) is 0 Å². The SMILES string of the molecule is C=NCC(=O)N[C@H](Cc1ccccc1)C(=O)O. The Bertz CT molecular complexity index is 403. The van der Waals surface area contributed by atoms with Crippen LogP contribution < -0.4 is 5.32 Å². The van der Waals surface area contributed by atoms with Crippen molar-refractivity contribution in [3.63, 3.8) is 0 Å². The smallest absolute Gasteiger partial charge is 0.326 e. The lowest BCUT2D eigenvalue weighted by atomic mass is 10.1. The Morgan fingerprint density at radius 3 is 2.53 bits per heavy atom. The molecule has 5 nitrogen and oxygen atoms in total. The lowest BCUT2D eigenvalue weighted by molar-refractivity contribution is -0.141. The number of carboxylic acids is 1. The summed E-state index contributed by atoms with van der Waals surface area (Å²) in [6.07, 6.45) is 0.249. The number of amides is 1. The third kappa shape index (κ3) is 4.46. The fourth-order valence-electron chi connectivity index (χ4n) is 1.39. The summed E-state index contributed by atoms with van der Waals surface area (Å²) in [5.74, 6) is -1.51. The van der Waals surface area contributed by atoms with Crippen LogP contribution in [0.25, 0.3) is 0 Å². The predicted molar refractivity (Wildman–Crippen MR) is 64.1 cm³/mol. The van der Waals surface area contributed by atoms with Crippen molar-refractivity contribution in [1.29, 1.82) is 0 Å². The quantitative estimate of drug-likeness (QED) is 0.703. The van der Waals surface area contributed by atoms with Gasteiger partial charge >= 0.3 is 5.97 Å². The molecule has 0 saturated carbocycles. The minimum absolute atomic E-state index is 0.126. The second-order valence-electron chi connectivity index (χ2n) is 3.53. The van der Waals surface area contributed by atoms with E-state index in [0.717, 1.165) is 5.56 Å². The number of carbonyl (C=O) groups excluding carboxylic acids is 1. The summed E-state index contributed by atoms with van der Waals surface area (Å²) >= 11 is 0. The molecule has 0 radical (unpaired) electrons. The Morgan fingerprint density at radius 2 is 2.00 bits per heavy atom. The van der Waals surface area contributed by atoms with Crippen LogP contribution in [0.3, 0.4) is 0 Å². The minimum Gasteiger partial charge on any atom is -0.480 e. The molecule has 0 fully saturated rings. The molecule has 1 aromatic rings. The zero-order valence-corrected chi connectivity index (χ0v) is 9.30. The van der Waals surface area contributed by atoms with Crippen LogP contribution in [0.4, 0.5) is 0 Å². The fraction of sp³-hybridized carbons (Fsp3) is 0.250. The van der Waals surface area contributed by atoms with Gasteiger partial charge in [0.2, 0.25) is 5.91 Å². The number of carbonyl (C=O) groups is 2. The highest BCUT2D eigenvalue weighted by atomic mass is 16.4. The average Bonchev–Trinajstić information content (AvgIpc) is 2.29. The molecule has 5 heteroatoms. The highest BCUT2D eigenvalue weighted by molar-refractivity contribution is 5.85. The van der Waals surface area contributed by atoms with Gasteiger partial charge < -0.3 is 10.4 Å². The third-order valence-electron chi connectivity index (χ3n) is 2.17. The number of carboxylic acid groups (broad SMARTS) is 1. The molecule has 0 unspecified atom stereocenters. The Balaban J connectivity index is 2.64. The number of aliphatic carboxylic acids is 1. The van der Waals surface area contributed by atoms with Gasteiger partial charge in [0.15, 0.2) is 0 Å². The van der Waals surface area contributed by atoms with Gasteiger partial charge in [-0.3, -0.25) is 9.79 Å². The van der Waals surface area contributed by atoms with Crippen LogP contribution in [0.5, 0.6) is 0 Å². The Hall–Kier alpha value is -2.17. The highest BCUT2D eigenvalue weighted by Gasteiger charge is 2.19. The first kappa shape index (κ1) is 12.9. The molecule has 17 heavy (non-hydrogen) atoms. The molecule has 1 rings (SSSR count). The summed E-state index contributed by atoms with van der Waals surface area (Å²) < 4.78 is 0. The second kappa shape index (κ2) is 6.42. The molecule has 0 aliphatic rings. The molecule has 0 saturated heterocycles. The molecule has 0 aliphatic carbocycles. The van der Waals surface area contributed by atoms with Crippen LogP contribution in [-0.2, 0) is 16.0 Å². The summed E-state index contributed by atoms with van der Waals surface area (Å²) in [5.41, 5.74) is 0.853. The fourth-order valence-corrected chi connectivity index (χ4v) is 1.39. The van der Waals surface area contributed by atoms with Crippen LogP contribution in [0.2, 0.25) is 0 Å². The van der Waals surface area contributed by atoms with Crippen molar-refractivity contribution < 1.29 is 14.7 Å². The van der Waals surface area contributed by atoms with Gasteiger partial charge in [-0.05, 0) is 12.3 Å². The van der Waals surface area contributed by atoms with Crippen LogP contribution in [0, 0.1) is 0 Å². The summed E-state index contributed by atoms with van der Waals surface area (Å²) in [5, 5.41) is 11.4. The molecule has 1 aromatic carbocycles. The number of hydrogen-bond acceptors (Lipinski definition) is 3. The maximum absolute atomic E-state index is 11.2. The molecule has 90 valence electrons. The largest absolute Gasteiger partial charge is 0.480 e. The number of benzene rings is 1. The van der Waals surface area contributed by atoms with Crippen molar-refractivity contribution in [1.82, 2.24) is 5.32 Å².